The first-order valence-corrected chi connectivity index (χ1v) is 4.43. The van der Waals surface area contributed by atoms with Crippen LogP contribution in [-0.2, 0) is 4.79 Å². The molecule has 2 unspecified atom stereocenters. The van der Waals surface area contributed by atoms with Crippen molar-refractivity contribution in [3.05, 3.63) is 0 Å². The summed E-state index contributed by atoms with van der Waals surface area (Å²) < 4.78 is 12.5. The molecule has 0 aliphatic carbocycles. The third-order valence-corrected chi connectivity index (χ3v) is 2.00. The summed E-state index contributed by atoms with van der Waals surface area (Å²) in [5.74, 6) is -0.223. The van der Waals surface area contributed by atoms with Crippen molar-refractivity contribution in [1.29, 1.82) is 0 Å². The number of hydrogen-bond donors (Lipinski definition) is 2. The lowest BCUT2D eigenvalue weighted by atomic mass is 10.1. The Morgan fingerprint density at radius 3 is 2.83 bits per heavy atom. The number of halogens is 1. The van der Waals surface area contributed by atoms with Crippen LogP contribution < -0.4 is 10.6 Å². The molecule has 2 N–H and O–H groups in total. The van der Waals surface area contributed by atoms with Crippen molar-refractivity contribution in [2.24, 2.45) is 0 Å². The predicted octanol–water partition coefficient (Wildman–Crippen LogP) is 0.560. The van der Waals surface area contributed by atoms with Gasteiger partial charge >= 0.3 is 0 Å². The van der Waals surface area contributed by atoms with Gasteiger partial charge in [0.25, 0.3) is 0 Å². The van der Waals surface area contributed by atoms with Gasteiger partial charge in [-0.15, -0.1) is 0 Å². The molecule has 0 radical (unpaired) electrons. The minimum Gasteiger partial charge on any atom is -0.323 e. The average molecular weight is 174 g/mol. The van der Waals surface area contributed by atoms with Crippen molar-refractivity contribution >= 4 is 5.91 Å². The van der Waals surface area contributed by atoms with Gasteiger partial charge in [-0.3, -0.25) is 4.79 Å². The highest BCUT2D eigenvalue weighted by Gasteiger charge is 2.38. The molecular weight excluding hydrogens is 159 g/mol. The first-order valence-electron chi connectivity index (χ1n) is 4.43. The Kier molecular flexibility index (Phi) is 3.47. The zero-order valence-electron chi connectivity index (χ0n) is 7.27. The average Bonchev–Trinajstić information content (AvgIpc) is 2.04. The summed E-state index contributed by atoms with van der Waals surface area (Å²) in [5, 5.41) is 4.99. The van der Waals surface area contributed by atoms with Crippen molar-refractivity contribution in [2.45, 2.75) is 38.5 Å². The highest BCUT2D eigenvalue weighted by molar-refractivity contribution is 5.88. The smallest absolute Gasteiger partial charge is 0.244 e. The highest BCUT2D eigenvalue weighted by Crippen LogP contribution is 2.06. The molecule has 1 saturated heterocycles. The molecule has 1 aliphatic heterocycles. The second kappa shape index (κ2) is 4.40. The Morgan fingerprint density at radius 1 is 1.58 bits per heavy atom. The number of hydrogen-bond acceptors (Lipinski definition) is 2. The maximum atomic E-state index is 12.5. The van der Waals surface area contributed by atoms with Crippen LogP contribution in [0.2, 0.25) is 0 Å². The number of β-lactam (4-membered cyclic amide) rings is 1. The molecule has 12 heavy (non-hydrogen) atoms. The van der Waals surface area contributed by atoms with E-state index in [4.69, 9.17) is 0 Å². The van der Waals surface area contributed by atoms with Crippen molar-refractivity contribution < 1.29 is 9.18 Å². The molecule has 0 aromatic rings. The molecule has 1 rings (SSSR count). The largest absolute Gasteiger partial charge is 0.323 e. The predicted molar refractivity (Wildman–Crippen MR) is 44.4 cm³/mol. The number of amides is 1. The molecular formula is C8H15FN2O. The molecule has 70 valence electrons. The van der Waals surface area contributed by atoms with Crippen molar-refractivity contribution in [1.82, 2.24) is 10.6 Å². The van der Waals surface area contributed by atoms with Crippen LogP contribution in [0, 0.1) is 0 Å². The lowest BCUT2D eigenvalue weighted by molar-refractivity contribution is -0.136. The van der Waals surface area contributed by atoms with Crippen LogP contribution in [0.1, 0.15) is 26.2 Å². The zero-order chi connectivity index (χ0) is 8.97. The Labute approximate surface area is 71.7 Å². The monoisotopic (exact) mass is 174 g/mol. The highest BCUT2D eigenvalue weighted by atomic mass is 19.1. The lowest BCUT2D eigenvalue weighted by Gasteiger charge is -2.31. The summed E-state index contributed by atoms with van der Waals surface area (Å²) in [6.07, 6.45) is 2.09. The first kappa shape index (κ1) is 9.45. The molecule has 1 fully saturated rings. The molecule has 1 aliphatic rings. The van der Waals surface area contributed by atoms with E-state index in [9.17, 15) is 9.18 Å². The number of rotatable bonds is 5. The van der Waals surface area contributed by atoms with Gasteiger partial charge in [0, 0.05) is 0 Å². The van der Waals surface area contributed by atoms with Gasteiger partial charge < -0.3 is 10.6 Å². The normalized spacial score (nSPS) is 28.0. The van der Waals surface area contributed by atoms with Gasteiger partial charge in [-0.1, -0.05) is 19.8 Å². The summed E-state index contributed by atoms with van der Waals surface area (Å²) in [5.41, 5.74) is 0. The SMILES string of the molecule is CCCCCNC1C(=O)NC1F. The van der Waals surface area contributed by atoms with Crippen LogP contribution in [0.4, 0.5) is 4.39 Å². The molecule has 0 aromatic carbocycles. The maximum absolute atomic E-state index is 12.5. The minimum atomic E-state index is -1.18. The van der Waals surface area contributed by atoms with E-state index in [1.54, 1.807) is 0 Å². The van der Waals surface area contributed by atoms with E-state index in [1.807, 2.05) is 0 Å². The molecule has 0 aromatic heterocycles. The summed E-state index contributed by atoms with van der Waals surface area (Å²) in [4.78, 5) is 10.7. The summed E-state index contributed by atoms with van der Waals surface area (Å²) in [6.45, 7) is 2.83. The fraction of sp³-hybridized carbons (Fsp3) is 0.875. The van der Waals surface area contributed by atoms with Crippen LogP contribution in [0.3, 0.4) is 0 Å². The molecule has 0 spiro atoms. The van der Waals surface area contributed by atoms with E-state index in [0.29, 0.717) is 0 Å². The van der Waals surface area contributed by atoms with Gasteiger partial charge in [0.1, 0.15) is 6.04 Å². The third-order valence-electron chi connectivity index (χ3n) is 2.00. The maximum Gasteiger partial charge on any atom is 0.244 e. The van der Waals surface area contributed by atoms with Crippen LogP contribution in [0.5, 0.6) is 0 Å². The van der Waals surface area contributed by atoms with Gasteiger partial charge in [-0.05, 0) is 13.0 Å². The fourth-order valence-electron chi connectivity index (χ4n) is 1.17. The van der Waals surface area contributed by atoms with Gasteiger partial charge in [-0.25, -0.2) is 4.39 Å². The molecule has 4 heteroatoms. The fourth-order valence-corrected chi connectivity index (χ4v) is 1.17. The quantitative estimate of drug-likeness (QED) is 0.363. The van der Waals surface area contributed by atoms with Gasteiger partial charge in [0.05, 0.1) is 0 Å². The Bertz CT molecular complexity index is 163. The number of alkyl halides is 1. The number of nitrogens with one attached hydrogen (secondary N) is 2. The number of carbonyl (C=O) groups excluding carboxylic acids is 1. The van der Waals surface area contributed by atoms with Crippen molar-refractivity contribution in [2.75, 3.05) is 6.54 Å². The molecule has 2 atom stereocenters. The molecule has 1 amide bonds. The number of carbonyl (C=O) groups is 1. The second-order valence-corrected chi connectivity index (χ2v) is 3.05. The Balaban J connectivity index is 2.03. The zero-order valence-corrected chi connectivity index (χ0v) is 7.27. The number of unbranched alkanes of at least 4 members (excludes halogenated alkanes) is 2. The van der Waals surface area contributed by atoms with E-state index < -0.39 is 12.3 Å². The van der Waals surface area contributed by atoms with Crippen LogP contribution in [0.15, 0.2) is 0 Å². The van der Waals surface area contributed by atoms with Crippen LogP contribution >= 0.6 is 0 Å². The van der Waals surface area contributed by atoms with Gasteiger partial charge in [-0.2, -0.15) is 0 Å². The lowest BCUT2D eigenvalue weighted by Crippen LogP contribution is -2.66. The van der Waals surface area contributed by atoms with Crippen LogP contribution in [-0.4, -0.2) is 24.8 Å². The first-order chi connectivity index (χ1) is 5.75. The second-order valence-electron chi connectivity index (χ2n) is 3.05. The molecule has 0 saturated carbocycles. The summed E-state index contributed by atoms with van der Waals surface area (Å²) >= 11 is 0. The van der Waals surface area contributed by atoms with E-state index in [0.717, 1.165) is 25.8 Å². The molecule has 0 bridgehead atoms. The van der Waals surface area contributed by atoms with Crippen LogP contribution in [0.25, 0.3) is 0 Å². The topological polar surface area (TPSA) is 41.1 Å². The molecule has 1 heterocycles. The Morgan fingerprint density at radius 2 is 2.33 bits per heavy atom. The Hall–Kier alpha value is -0.640. The minimum absolute atomic E-state index is 0.223. The van der Waals surface area contributed by atoms with Gasteiger partial charge in [0.15, 0.2) is 6.30 Å². The third kappa shape index (κ3) is 2.17. The van der Waals surface area contributed by atoms with E-state index in [1.165, 1.54) is 0 Å². The van der Waals surface area contributed by atoms with Gasteiger partial charge in [0.2, 0.25) is 5.91 Å². The standard InChI is InChI=1S/C8H15FN2O/c1-2-3-4-5-10-6-7(9)11-8(6)12/h6-7,10H,2-5H2,1H3,(H,11,12). The van der Waals surface area contributed by atoms with Crippen molar-refractivity contribution in [3.8, 4) is 0 Å². The summed E-state index contributed by atoms with van der Waals surface area (Å²) in [7, 11) is 0. The molecule has 3 nitrogen and oxygen atoms in total. The van der Waals surface area contributed by atoms with E-state index >= 15 is 0 Å². The summed E-state index contributed by atoms with van der Waals surface area (Å²) in [6, 6.07) is -0.596. The van der Waals surface area contributed by atoms with E-state index in [2.05, 4.69) is 17.6 Å². The van der Waals surface area contributed by atoms with E-state index in [-0.39, 0.29) is 5.91 Å². The van der Waals surface area contributed by atoms with Crippen molar-refractivity contribution in [3.63, 3.8) is 0 Å².